The molecule has 3 N–H and O–H groups in total. The van der Waals surface area contributed by atoms with Gasteiger partial charge in [0.25, 0.3) is 0 Å². The average Bonchev–Trinajstić information content (AvgIpc) is 2.38. The number of carbonyl (C=O) groups is 1. The normalized spacial score (nSPS) is 13.9. The van der Waals surface area contributed by atoms with Crippen molar-refractivity contribution in [2.24, 2.45) is 11.7 Å². The molecule has 0 spiro atoms. The Morgan fingerprint density at radius 3 is 2.30 bits per heavy atom. The lowest BCUT2D eigenvalue weighted by molar-refractivity contribution is -0.122. The summed E-state index contributed by atoms with van der Waals surface area (Å²) in [5, 5.41) is 2.99. The molecule has 4 heteroatoms. The van der Waals surface area contributed by atoms with E-state index in [9.17, 15) is 4.79 Å². The zero-order valence-corrected chi connectivity index (χ0v) is 12.8. The molecule has 0 heterocycles. The van der Waals surface area contributed by atoms with Crippen LogP contribution in [0.25, 0.3) is 0 Å². The molecule has 1 aromatic rings. The molecule has 1 amide bonds. The van der Waals surface area contributed by atoms with Crippen LogP contribution in [0.15, 0.2) is 24.3 Å². The second kappa shape index (κ2) is 7.90. The minimum atomic E-state index is -0.0134. The van der Waals surface area contributed by atoms with Gasteiger partial charge in [0, 0.05) is 6.42 Å². The van der Waals surface area contributed by atoms with E-state index < -0.39 is 0 Å². The van der Waals surface area contributed by atoms with Gasteiger partial charge in [-0.25, -0.2) is 0 Å². The van der Waals surface area contributed by atoms with E-state index >= 15 is 0 Å². The molecule has 1 rings (SSSR count). The van der Waals surface area contributed by atoms with Gasteiger partial charge in [-0.05, 0) is 50.9 Å². The number of benzene rings is 1. The Morgan fingerprint density at radius 2 is 1.80 bits per heavy atom. The van der Waals surface area contributed by atoms with Gasteiger partial charge in [-0.2, -0.15) is 0 Å². The standard InChI is InChI=1S/C16H26N2O2/c1-11(2)20-15-7-5-14(6-8-15)13(4)18-16(19)9-12(3)10-17/h5-8,11-13H,9-10,17H2,1-4H3,(H,18,19). The lowest BCUT2D eigenvalue weighted by Gasteiger charge is -2.17. The molecule has 0 bridgehead atoms. The van der Waals surface area contributed by atoms with Gasteiger partial charge >= 0.3 is 0 Å². The van der Waals surface area contributed by atoms with Crippen molar-refractivity contribution in [3.63, 3.8) is 0 Å². The van der Waals surface area contributed by atoms with Gasteiger partial charge in [0.05, 0.1) is 12.1 Å². The molecule has 0 radical (unpaired) electrons. The van der Waals surface area contributed by atoms with Crippen molar-refractivity contribution in [3.8, 4) is 5.75 Å². The van der Waals surface area contributed by atoms with Gasteiger partial charge in [-0.15, -0.1) is 0 Å². The van der Waals surface area contributed by atoms with Gasteiger partial charge in [0.1, 0.15) is 5.75 Å². The van der Waals surface area contributed by atoms with E-state index in [4.69, 9.17) is 10.5 Å². The number of hydrogen-bond donors (Lipinski definition) is 2. The van der Waals surface area contributed by atoms with E-state index in [1.54, 1.807) is 0 Å². The Labute approximate surface area is 121 Å². The zero-order chi connectivity index (χ0) is 15.1. The van der Waals surface area contributed by atoms with Gasteiger partial charge in [0.15, 0.2) is 0 Å². The van der Waals surface area contributed by atoms with E-state index in [0.717, 1.165) is 11.3 Å². The lowest BCUT2D eigenvalue weighted by Crippen LogP contribution is -2.29. The van der Waals surface area contributed by atoms with Crippen molar-refractivity contribution in [1.29, 1.82) is 0 Å². The summed E-state index contributed by atoms with van der Waals surface area (Å²) < 4.78 is 5.60. The van der Waals surface area contributed by atoms with E-state index in [1.165, 1.54) is 0 Å². The Bertz CT molecular complexity index is 415. The number of hydrogen-bond acceptors (Lipinski definition) is 3. The highest BCUT2D eigenvalue weighted by atomic mass is 16.5. The van der Waals surface area contributed by atoms with Crippen LogP contribution in [0.4, 0.5) is 0 Å². The monoisotopic (exact) mass is 278 g/mol. The molecule has 0 aliphatic rings. The van der Waals surface area contributed by atoms with Crippen LogP contribution in [-0.4, -0.2) is 18.6 Å². The summed E-state index contributed by atoms with van der Waals surface area (Å²) in [5.41, 5.74) is 6.59. The molecule has 0 aromatic heterocycles. The summed E-state index contributed by atoms with van der Waals surface area (Å²) in [4.78, 5) is 11.8. The van der Waals surface area contributed by atoms with Crippen LogP contribution in [0.5, 0.6) is 5.75 Å². The first-order valence-electron chi connectivity index (χ1n) is 7.18. The molecule has 0 fully saturated rings. The fourth-order valence-corrected chi connectivity index (χ4v) is 1.89. The summed E-state index contributed by atoms with van der Waals surface area (Å²) in [6.07, 6.45) is 0.630. The predicted molar refractivity (Wildman–Crippen MR) is 81.6 cm³/mol. The summed E-state index contributed by atoms with van der Waals surface area (Å²) in [6.45, 7) is 8.47. The smallest absolute Gasteiger partial charge is 0.220 e. The van der Waals surface area contributed by atoms with Crippen molar-refractivity contribution in [2.45, 2.75) is 46.3 Å². The first-order valence-corrected chi connectivity index (χ1v) is 7.18. The lowest BCUT2D eigenvalue weighted by atomic mass is 10.1. The summed E-state index contributed by atoms with van der Waals surface area (Å²) in [7, 11) is 0. The molecule has 2 atom stereocenters. The van der Waals surface area contributed by atoms with E-state index in [-0.39, 0.29) is 24.0 Å². The van der Waals surface area contributed by atoms with Gasteiger partial charge < -0.3 is 15.8 Å². The van der Waals surface area contributed by atoms with Crippen LogP contribution >= 0.6 is 0 Å². The van der Waals surface area contributed by atoms with Crippen molar-refractivity contribution in [3.05, 3.63) is 29.8 Å². The van der Waals surface area contributed by atoms with Gasteiger partial charge in [0.2, 0.25) is 5.91 Å². The number of nitrogens with one attached hydrogen (secondary N) is 1. The first kappa shape index (κ1) is 16.5. The zero-order valence-electron chi connectivity index (χ0n) is 12.8. The molecular formula is C16H26N2O2. The largest absolute Gasteiger partial charge is 0.491 e. The maximum atomic E-state index is 11.8. The van der Waals surface area contributed by atoms with Crippen LogP contribution in [0.3, 0.4) is 0 Å². The van der Waals surface area contributed by atoms with E-state index in [1.807, 2.05) is 52.0 Å². The fraction of sp³-hybridized carbons (Fsp3) is 0.562. The van der Waals surface area contributed by atoms with Crippen LogP contribution < -0.4 is 15.8 Å². The Kier molecular flexibility index (Phi) is 6.52. The minimum absolute atomic E-state index is 0.0134. The number of nitrogens with two attached hydrogens (primary N) is 1. The number of rotatable bonds is 7. The molecule has 4 nitrogen and oxygen atoms in total. The predicted octanol–water partition coefficient (Wildman–Crippen LogP) is 2.64. The van der Waals surface area contributed by atoms with Crippen LogP contribution in [0, 0.1) is 5.92 Å². The SMILES string of the molecule is CC(CN)CC(=O)NC(C)c1ccc(OC(C)C)cc1. The molecule has 112 valence electrons. The molecule has 2 unspecified atom stereocenters. The van der Waals surface area contributed by atoms with Crippen molar-refractivity contribution >= 4 is 5.91 Å². The molecule has 0 aliphatic carbocycles. The summed E-state index contributed by atoms with van der Waals surface area (Å²) in [5.74, 6) is 1.10. The average molecular weight is 278 g/mol. The topological polar surface area (TPSA) is 64.4 Å². The second-order valence-corrected chi connectivity index (χ2v) is 5.57. The van der Waals surface area contributed by atoms with Crippen molar-refractivity contribution in [1.82, 2.24) is 5.32 Å². The highest BCUT2D eigenvalue weighted by Crippen LogP contribution is 2.18. The number of amides is 1. The summed E-state index contributed by atoms with van der Waals surface area (Å²) in [6, 6.07) is 7.81. The van der Waals surface area contributed by atoms with Crippen molar-refractivity contribution < 1.29 is 9.53 Å². The third-order valence-electron chi connectivity index (χ3n) is 3.07. The number of ether oxygens (including phenoxy) is 1. The third kappa shape index (κ3) is 5.61. The molecular weight excluding hydrogens is 252 g/mol. The molecule has 0 aliphatic heterocycles. The molecule has 0 saturated heterocycles. The maximum Gasteiger partial charge on any atom is 0.220 e. The molecule has 0 saturated carbocycles. The quantitative estimate of drug-likeness (QED) is 0.806. The minimum Gasteiger partial charge on any atom is -0.491 e. The van der Waals surface area contributed by atoms with E-state index in [0.29, 0.717) is 13.0 Å². The second-order valence-electron chi connectivity index (χ2n) is 5.57. The van der Waals surface area contributed by atoms with Crippen LogP contribution in [-0.2, 0) is 4.79 Å². The summed E-state index contributed by atoms with van der Waals surface area (Å²) >= 11 is 0. The first-order chi connectivity index (χ1) is 9.42. The highest BCUT2D eigenvalue weighted by Gasteiger charge is 2.12. The molecule has 20 heavy (non-hydrogen) atoms. The van der Waals surface area contributed by atoms with E-state index in [2.05, 4.69) is 5.32 Å². The Morgan fingerprint density at radius 1 is 1.20 bits per heavy atom. The van der Waals surface area contributed by atoms with Crippen LogP contribution in [0.2, 0.25) is 0 Å². The third-order valence-corrected chi connectivity index (χ3v) is 3.07. The van der Waals surface area contributed by atoms with Gasteiger partial charge in [-0.3, -0.25) is 4.79 Å². The van der Waals surface area contributed by atoms with Crippen LogP contribution in [0.1, 0.15) is 45.7 Å². The highest BCUT2D eigenvalue weighted by molar-refractivity contribution is 5.76. The van der Waals surface area contributed by atoms with Gasteiger partial charge in [-0.1, -0.05) is 19.1 Å². The fourth-order valence-electron chi connectivity index (χ4n) is 1.89. The number of carbonyl (C=O) groups excluding carboxylic acids is 1. The van der Waals surface area contributed by atoms with Crippen molar-refractivity contribution in [2.75, 3.05) is 6.54 Å². The maximum absolute atomic E-state index is 11.8. The Hall–Kier alpha value is -1.55. The Balaban J connectivity index is 2.54. The molecule has 1 aromatic carbocycles.